The van der Waals surface area contributed by atoms with Gasteiger partial charge in [-0.25, -0.2) is 17.6 Å². The predicted octanol–water partition coefficient (Wildman–Crippen LogP) is 6.39. The van der Waals surface area contributed by atoms with E-state index < -0.39 is 23.3 Å². The number of benzene rings is 2. The molecule has 2 rings (SSSR count). The van der Waals surface area contributed by atoms with Crippen molar-refractivity contribution in [3.63, 3.8) is 0 Å². The minimum atomic E-state index is -0.791. The van der Waals surface area contributed by atoms with E-state index in [4.69, 9.17) is 0 Å². The molecule has 0 radical (unpaired) electrons. The van der Waals surface area contributed by atoms with E-state index in [-0.39, 0.29) is 11.5 Å². The smallest absolute Gasteiger partial charge is 0.159 e. The summed E-state index contributed by atoms with van der Waals surface area (Å²) in [5, 5.41) is 0. The molecule has 2 aromatic rings. The summed E-state index contributed by atoms with van der Waals surface area (Å²) in [6.45, 7) is 9.24. The molecule has 0 bridgehead atoms. The third kappa shape index (κ3) is 6.29. The number of rotatable bonds is 1. The molecule has 0 aliphatic carbocycles. The quantitative estimate of drug-likeness (QED) is 0.535. The van der Waals surface area contributed by atoms with Crippen LogP contribution in [0.1, 0.15) is 44.7 Å². The first-order valence-corrected chi connectivity index (χ1v) is 7.18. The standard InChI is InChI=1S/C9H10F2.C7H6F2.C2H6/c1-6(2)9-7(10)4-3-5-8(9)11;1-5-2-3-6(8)7(9)4-5;1-2/h3-6H,1-2H3;2-4H,1H3;1-2H3. The molecule has 4 heteroatoms. The van der Waals surface area contributed by atoms with Crippen LogP contribution in [0.2, 0.25) is 0 Å². The highest BCUT2D eigenvalue weighted by Crippen LogP contribution is 2.20. The Hall–Kier alpha value is -1.84. The molecule has 0 atom stereocenters. The molecule has 0 N–H and O–H groups in total. The van der Waals surface area contributed by atoms with Gasteiger partial charge in [0.2, 0.25) is 0 Å². The van der Waals surface area contributed by atoms with Crippen LogP contribution < -0.4 is 0 Å². The van der Waals surface area contributed by atoms with Crippen LogP contribution >= 0.6 is 0 Å². The molecule has 0 saturated carbocycles. The van der Waals surface area contributed by atoms with Crippen LogP contribution in [0.5, 0.6) is 0 Å². The van der Waals surface area contributed by atoms with Gasteiger partial charge in [-0.15, -0.1) is 0 Å². The Kier molecular flexibility index (Phi) is 9.15. The third-order valence-corrected chi connectivity index (χ3v) is 2.65. The molecule has 0 aromatic heterocycles. The Morgan fingerprint density at radius 1 is 0.727 bits per heavy atom. The molecule has 0 unspecified atom stereocenters. The fourth-order valence-electron chi connectivity index (χ4n) is 1.66. The van der Waals surface area contributed by atoms with Crippen LogP contribution in [-0.4, -0.2) is 0 Å². The second kappa shape index (κ2) is 9.98. The maximum absolute atomic E-state index is 12.9. The average molecular weight is 314 g/mol. The van der Waals surface area contributed by atoms with E-state index in [1.807, 2.05) is 13.8 Å². The van der Waals surface area contributed by atoms with E-state index in [1.54, 1.807) is 20.8 Å². The highest BCUT2D eigenvalue weighted by atomic mass is 19.2. The van der Waals surface area contributed by atoms with Gasteiger partial charge in [0.15, 0.2) is 11.6 Å². The van der Waals surface area contributed by atoms with Crippen molar-refractivity contribution in [3.05, 3.63) is 70.8 Å². The summed E-state index contributed by atoms with van der Waals surface area (Å²) >= 11 is 0. The number of halogens is 4. The lowest BCUT2D eigenvalue weighted by atomic mass is 10.0. The molecular formula is C18H22F4. The van der Waals surface area contributed by atoms with Crippen molar-refractivity contribution >= 4 is 0 Å². The first-order valence-electron chi connectivity index (χ1n) is 7.18. The van der Waals surface area contributed by atoms with Crippen molar-refractivity contribution in [2.45, 2.75) is 40.5 Å². The van der Waals surface area contributed by atoms with Gasteiger partial charge in [0.25, 0.3) is 0 Å². The number of hydrogen-bond acceptors (Lipinski definition) is 0. The van der Waals surface area contributed by atoms with Gasteiger partial charge in [0.1, 0.15) is 11.6 Å². The summed E-state index contributed by atoms with van der Waals surface area (Å²) in [6.07, 6.45) is 0. The van der Waals surface area contributed by atoms with Gasteiger partial charge in [-0.3, -0.25) is 0 Å². The van der Waals surface area contributed by atoms with Crippen molar-refractivity contribution in [2.24, 2.45) is 0 Å². The second-order valence-corrected chi connectivity index (χ2v) is 4.71. The van der Waals surface area contributed by atoms with Crippen LogP contribution in [0, 0.1) is 30.2 Å². The Labute approximate surface area is 129 Å². The monoisotopic (exact) mass is 314 g/mol. The van der Waals surface area contributed by atoms with E-state index in [1.165, 1.54) is 24.3 Å². The topological polar surface area (TPSA) is 0 Å². The summed E-state index contributed by atoms with van der Waals surface area (Å²) in [6, 6.07) is 7.73. The highest BCUT2D eigenvalue weighted by Gasteiger charge is 2.10. The van der Waals surface area contributed by atoms with Crippen molar-refractivity contribution < 1.29 is 17.6 Å². The molecule has 2 aromatic carbocycles. The van der Waals surface area contributed by atoms with E-state index >= 15 is 0 Å². The van der Waals surface area contributed by atoms with Gasteiger partial charge in [-0.1, -0.05) is 39.8 Å². The van der Waals surface area contributed by atoms with Crippen LogP contribution in [0.25, 0.3) is 0 Å². The van der Waals surface area contributed by atoms with Gasteiger partial charge in [0.05, 0.1) is 0 Å². The van der Waals surface area contributed by atoms with Gasteiger partial charge in [-0.05, 0) is 42.7 Å². The molecular weight excluding hydrogens is 292 g/mol. The summed E-state index contributed by atoms with van der Waals surface area (Å²) < 4.78 is 50.1. The first-order chi connectivity index (χ1) is 10.3. The average Bonchev–Trinajstić information content (AvgIpc) is 2.45. The SMILES string of the molecule is CC.CC(C)c1c(F)cccc1F.Cc1ccc(F)c(F)c1. The zero-order chi connectivity index (χ0) is 17.3. The molecule has 0 amide bonds. The van der Waals surface area contributed by atoms with E-state index in [2.05, 4.69) is 0 Å². The van der Waals surface area contributed by atoms with Crippen LogP contribution in [-0.2, 0) is 0 Å². The molecule has 0 heterocycles. The van der Waals surface area contributed by atoms with Crippen molar-refractivity contribution in [2.75, 3.05) is 0 Å². The zero-order valence-corrected chi connectivity index (χ0v) is 13.6. The van der Waals surface area contributed by atoms with Crippen molar-refractivity contribution in [3.8, 4) is 0 Å². The Morgan fingerprint density at radius 2 is 1.23 bits per heavy atom. The van der Waals surface area contributed by atoms with Gasteiger partial charge >= 0.3 is 0 Å². The minimum absolute atomic E-state index is 0.101. The number of hydrogen-bond donors (Lipinski definition) is 0. The zero-order valence-electron chi connectivity index (χ0n) is 13.6. The van der Waals surface area contributed by atoms with Gasteiger partial charge in [-0.2, -0.15) is 0 Å². The molecule has 22 heavy (non-hydrogen) atoms. The van der Waals surface area contributed by atoms with Crippen molar-refractivity contribution in [1.29, 1.82) is 0 Å². The van der Waals surface area contributed by atoms with Gasteiger partial charge in [0, 0.05) is 5.56 Å². The molecule has 0 aliphatic heterocycles. The Balaban J connectivity index is 0.000000366. The summed E-state index contributed by atoms with van der Waals surface area (Å²) in [7, 11) is 0. The summed E-state index contributed by atoms with van der Waals surface area (Å²) in [5.74, 6) is -2.59. The van der Waals surface area contributed by atoms with E-state index in [9.17, 15) is 17.6 Å². The first kappa shape index (κ1) is 20.2. The van der Waals surface area contributed by atoms with Crippen molar-refractivity contribution in [1.82, 2.24) is 0 Å². The fourth-order valence-corrected chi connectivity index (χ4v) is 1.66. The Morgan fingerprint density at radius 3 is 1.55 bits per heavy atom. The third-order valence-electron chi connectivity index (χ3n) is 2.65. The van der Waals surface area contributed by atoms with Gasteiger partial charge < -0.3 is 0 Å². The number of aryl methyl sites for hydroxylation is 1. The maximum Gasteiger partial charge on any atom is 0.159 e. The molecule has 0 aliphatic rings. The summed E-state index contributed by atoms with van der Waals surface area (Å²) in [5.41, 5.74) is 0.904. The molecule has 0 fully saturated rings. The van der Waals surface area contributed by atoms with Crippen LogP contribution in [0.3, 0.4) is 0 Å². The molecule has 0 spiro atoms. The van der Waals surface area contributed by atoms with Crippen LogP contribution in [0.15, 0.2) is 36.4 Å². The molecule has 0 nitrogen and oxygen atoms in total. The lowest BCUT2D eigenvalue weighted by Crippen LogP contribution is -1.96. The molecule has 122 valence electrons. The predicted molar refractivity (Wildman–Crippen MR) is 82.9 cm³/mol. The molecule has 0 saturated heterocycles. The minimum Gasteiger partial charge on any atom is -0.207 e. The highest BCUT2D eigenvalue weighted by molar-refractivity contribution is 5.22. The largest absolute Gasteiger partial charge is 0.207 e. The normalized spacial score (nSPS) is 9.55. The fraction of sp³-hybridized carbons (Fsp3) is 0.333. The van der Waals surface area contributed by atoms with Crippen LogP contribution in [0.4, 0.5) is 17.6 Å². The van der Waals surface area contributed by atoms with E-state index in [0.717, 1.165) is 17.7 Å². The second-order valence-electron chi connectivity index (χ2n) is 4.71. The van der Waals surface area contributed by atoms with E-state index in [0.29, 0.717) is 0 Å². The lowest BCUT2D eigenvalue weighted by molar-refractivity contribution is 0.508. The Bertz CT molecular complexity index is 557. The lowest BCUT2D eigenvalue weighted by Gasteiger charge is -2.06. The summed E-state index contributed by atoms with van der Waals surface area (Å²) in [4.78, 5) is 0. The maximum atomic E-state index is 12.9.